The van der Waals surface area contributed by atoms with Crippen LogP contribution in [0.1, 0.15) is 57.1 Å². The van der Waals surface area contributed by atoms with Crippen LogP contribution < -0.4 is 10.6 Å². The third kappa shape index (κ3) is 6.83. The molecule has 1 aromatic rings. The Morgan fingerprint density at radius 1 is 1.03 bits per heavy atom. The van der Waals surface area contributed by atoms with Gasteiger partial charge in [-0.15, -0.1) is 24.0 Å². The van der Waals surface area contributed by atoms with Crippen LogP contribution in [0.25, 0.3) is 0 Å². The van der Waals surface area contributed by atoms with E-state index >= 15 is 0 Å². The zero-order chi connectivity index (χ0) is 20.7. The molecule has 2 aliphatic heterocycles. The molecule has 0 spiro atoms. The number of carbonyl (C=O) groups excluding carboxylic acids is 1. The topological polar surface area (TPSA) is 60.0 Å². The Labute approximate surface area is 198 Å². The molecular weight excluding hydrogens is 489 g/mol. The van der Waals surface area contributed by atoms with Gasteiger partial charge in [0, 0.05) is 45.2 Å². The van der Waals surface area contributed by atoms with Crippen molar-refractivity contribution in [2.45, 2.75) is 64.6 Å². The van der Waals surface area contributed by atoms with E-state index in [-0.39, 0.29) is 35.4 Å². The summed E-state index contributed by atoms with van der Waals surface area (Å²) in [4.78, 5) is 20.9. The molecule has 0 bridgehead atoms. The van der Waals surface area contributed by atoms with Gasteiger partial charge in [0.25, 0.3) is 0 Å². The molecule has 2 N–H and O–H groups in total. The minimum atomic E-state index is 0. The third-order valence-electron chi connectivity index (χ3n) is 6.22. The Morgan fingerprint density at radius 3 is 2.37 bits per heavy atom. The van der Waals surface area contributed by atoms with Crippen LogP contribution >= 0.6 is 24.0 Å². The van der Waals surface area contributed by atoms with Crippen LogP contribution in [0, 0.1) is 0 Å². The van der Waals surface area contributed by atoms with E-state index in [4.69, 9.17) is 0 Å². The fourth-order valence-electron chi connectivity index (χ4n) is 4.27. The summed E-state index contributed by atoms with van der Waals surface area (Å²) < 4.78 is 0. The maximum Gasteiger partial charge on any atom is 0.222 e. The van der Waals surface area contributed by atoms with Crippen molar-refractivity contribution in [2.75, 3.05) is 33.2 Å². The van der Waals surface area contributed by atoms with Gasteiger partial charge in [-0.1, -0.05) is 30.7 Å². The normalized spacial score (nSPS) is 18.3. The number of nitrogens with one attached hydrogen (secondary N) is 2. The molecule has 7 heteroatoms. The molecule has 168 valence electrons. The van der Waals surface area contributed by atoms with E-state index in [2.05, 4.69) is 52.6 Å². The Hall–Kier alpha value is -1.35. The molecule has 0 radical (unpaired) electrons. The van der Waals surface area contributed by atoms with Crippen molar-refractivity contribution in [3.8, 4) is 0 Å². The summed E-state index contributed by atoms with van der Waals surface area (Å²) in [5.74, 6) is 1.09. The number of hydrogen-bond acceptors (Lipinski definition) is 3. The molecule has 0 aromatic heterocycles. The first-order valence-electron chi connectivity index (χ1n) is 11.0. The van der Waals surface area contributed by atoms with Gasteiger partial charge in [0.1, 0.15) is 0 Å². The third-order valence-corrected chi connectivity index (χ3v) is 6.22. The fourth-order valence-corrected chi connectivity index (χ4v) is 4.27. The van der Waals surface area contributed by atoms with Crippen LogP contribution in [-0.2, 0) is 17.9 Å². The molecule has 1 amide bonds. The summed E-state index contributed by atoms with van der Waals surface area (Å²) in [6.07, 6.45) is 5.61. The van der Waals surface area contributed by atoms with Gasteiger partial charge >= 0.3 is 0 Å². The van der Waals surface area contributed by atoms with Gasteiger partial charge in [0.15, 0.2) is 5.96 Å². The Kier molecular flexibility index (Phi) is 9.87. The van der Waals surface area contributed by atoms with Gasteiger partial charge in [-0.25, -0.2) is 0 Å². The monoisotopic (exact) mass is 527 g/mol. The predicted molar refractivity (Wildman–Crippen MR) is 134 cm³/mol. The standard InChI is InChI=1S/C23H37N5O.HI/c1-23(2,28-14-7-4-8-15-28)18-26-22(24-3)25-16-19-10-5-6-11-20(19)17-27-13-9-12-21(27)29;/h5-6,10-11H,4,7-9,12-18H2,1-3H3,(H2,24,25,26);1H. The highest BCUT2D eigenvalue weighted by atomic mass is 127. The van der Waals surface area contributed by atoms with Crippen molar-refractivity contribution in [2.24, 2.45) is 4.99 Å². The fraction of sp³-hybridized carbons (Fsp3) is 0.652. The van der Waals surface area contributed by atoms with Gasteiger partial charge in [-0.2, -0.15) is 0 Å². The summed E-state index contributed by atoms with van der Waals surface area (Å²) in [7, 11) is 1.82. The number of halogens is 1. The minimum Gasteiger partial charge on any atom is -0.355 e. The average molecular weight is 527 g/mol. The summed E-state index contributed by atoms with van der Waals surface area (Å²) in [5.41, 5.74) is 2.52. The first-order valence-corrected chi connectivity index (χ1v) is 11.0. The lowest BCUT2D eigenvalue weighted by molar-refractivity contribution is -0.128. The number of piperidine rings is 1. The average Bonchev–Trinajstić information content (AvgIpc) is 3.14. The molecule has 2 aliphatic rings. The van der Waals surface area contributed by atoms with Crippen LogP contribution in [0.15, 0.2) is 29.3 Å². The van der Waals surface area contributed by atoms with Crippen molar-refractivity contribution in [1.82, 2.24) is 20.4 Å². The van der Waals surface area contributed by atoms with Crippen molar-refractivity contribution in [3.05, 3.63) is 35.4 Å². The lowest BCUT2D eigenvalue weighted by Gasteiger charge is -2.41. The summed E-state index contributed by atoms with van der Waals surface area (Å²) in [6.45, 7) is 10.1. The number of amides is 1. The molecule has 0 aliphatic carbocycles. The smallest absolute Gasteiger partial charge is 0.222 e. The van der Waals surface area contributed by atoms with E-state index in [0.29, 0.717) is 19.5 Å². The molecule has 0 unspecified atom stereocenters. The number of aliphatic imine (C=N–C) groups is 1. The molecule has 2 fully saturated rings. The van der Waals surface area contributed by atoms with Gasteiger partial charge in [-0.05, 0) is 57.3 Å². The van der Waals surface area contributed by atoms with Crippen molar-refractivity contribution in [3.63, 3.8) is 0 Å². The van der Waals surface area contributed by atoms with E-state index in [1.165, 1.54) is 43.5 Å². The van der Waals surface area contributed by atoms with E-state index in [1.54, 1.807) is 0 Å². The first kappa shape index (κ1) is 24.9. The number of carbonyl (C=O) groups is 1. The SMILES string of the molecule is CN=C(NCc1ccccc1CN1CCCC1=O)NCC(C)(C)N1CCCCC1.I. The lowest BCUT2D eigenvalue weighted by atomic mass is 9.98. The maximum atomic E-state index is 12.0. The second-order valence-corrected chi connectivity index (χ2v) is 8.83. The second kappa shape index (κ2) is 11.9. The van der Waals surface area contributed by atoms with Crippen LogP contribution in [0.5, 0.6) is 0 Å². The number of benzene rings is 1. The van der Waals surface area contributed by atoms with Crippen LogP contribution in [0.4, 0.5) is 0 Å². The molecule has 0 atom stereocenters. The van der Waals surface area contributed by atoms with Gasteiger partial charge < -0.3 is 15.5 Å². The summed E-state index contributed by atoms with van der Waals surface area (Å²) in [5, 5.41) is 6.96. The highest BCUT2D eigenvalue weighted by Crippen LogP contribution is 2.20. The van der Waals surface area contributed by atoms with Gasteiger partial charge in [0.2, 0.25) is 5.91 Å². The van der Waals surface area contributed by atoms with E-state index in [9.17, 15) is 4.79 Å². The zero-order valence-corrected chi connectivity index (χ0v) is 21.1. The Bertz CT molecular complexity index is 715. The number of nitrogens with zero attached hydrogens (tertiary/aromatic N) is 3. The van der Waals surface area contributed by atoms with Crippen LogP contribution in [0.2, 0.25) is 0 Å². The number of rotatable bonds is 7. The largest absolute Gasteiger partial charge is 0.355 e. The molecular formula is C23H38IN5O. The van der Waals surface area contributed by atoms with E-state index in [0.717, 1.165) is 25.5 Å². The molecule has 1 aromatic carbocycles. The summed E-state index contributed by atoms with van der Waals surface area (Å²) in [6, 6.07) is 8.36. The van der Waals surface area contributed by atoms with Crippen molar-refractivity contribution < 1.29 is 4.79 Å². The molecule has 0 saturated carbocycles. The number of guanidine groups is 1. The molecule has 3 rings (SSSR count). The van der Waals surface area contributed by atoms with Crippen LogP contribution in [-0.4, -0.2) is 60.4 Å². The molecule has 2 saturated heterocycles. The summed E-state index contributed by atoms with van der Waals surface area (Å²) >= 11 is 0. The Balaban J connectivity index is 0.00000320. The lowest BCUT2D eigenvalue weighted by Crippen LogP contribution is -2.54. The van der Waals surface area contributed by atoms with Gasteiger partial charge in [0.05, 0.1) is 0 Å². The highest BCUT2D eigenvalue weighted by molar-refractivity contribution is 14.0. The maximum absolute atomic E-state index is 12.0. The molecule has 6 nitrogen and oxygen atoms in total. The number of likely N-dealkylation sites (tertiary alicyclic amines) is 2. The first-order chi connectivity index (χ1) is 14.0. The zero-order valence-electron chi connectivity index (χ0n) is 18.7. The minimum absolute atomic E-state index is 0. The molecule has 30 heavy (non-hydrogen) atoms. The van der Waals surface area contributed by atoms with E-state index < -0.39 is 0 Å². The van der Waals surface area contributed by atoms with Gasteiger partial charge in [-0.3, -0.25) is 14.7 Å². The van der Waals surface area contributed by atoms with Crippen molar-refractivity contribution in [1.29, 1.82) is 0 Å². The number of hydrogen-bond donors (Lipinski definition) is 2. The highest BCUT2D eigenvalue weighted by Gasteiger charge is 2.28. The second-order valence-electron chi connectivity index (χ2n) is 8.83. The van der Waals surface area contributed by atoms with Crippen LogP contribution in [0.3, 0.4) is 0 Å². The quantitative estimate of drug-likeness (QED) is 0.325. The predicted octanol–water partition coefficient (Wildman–Crippen LogP) is 3.36. The molecule has 2 heterocycles. The Morgan fingerprint density at radius 2 is 1.73 bits per heavy atom. The van der Waals surface area contributed by atoms with E-state index in [1.807, 2.05) is 18.0 Å². The van der Waals surface area contributed by atoms with Crippen molar-refractivity contribution >= 4 is 35.8 Å².